The molecule has 1 aromatic carbocycles. The van der Waals surface area contributed by atoms with Crippen LogP contribution in [0.1, 0.15) is 58.6 Å². The van der Waals surface area contributed by atoms with Gasteiger partial charge >= 0.3 is 5.97 Å². The molecule has 168 valence electrons. The number of aromatic nitrogens is 2. The Morgan fingerprint density at radius 3 is 2.48 bits per heavy atom. The van der Waals surface area contributed by atoms with Gasteiger partial charge in [0.05, 0.1) is 23.5 Å². The highest BCUT2D eigenvalue weighted by atomic mass is 32.2. The third-order valence-corrected chi connectivity index (χ3v) is 7.79. The number of esters is 1. The first-order chi connectivity index (χ1) is 14.3. The maximum atomic E-state index is 13.6. The number of nitrogens with zero attached hydrogens (tertiary/aromatic N) is 2. The Bertz CT molecular complexity index is 1190. The van der Waals surface area contributed by atoms with Gasteiger partial charge in [0.2, 0.25) is 11.7 Å². The molecule has 9 heteroatoms. The monoisotopic (exact) mass is 448 g/mol. The fourth-order valence-corrected chi connectivity index (χ4v) is 6.62. The number of carbonyl (C=O) groups excluding carboxylic acids is 2. The van der Waals surface area contributed by atoms with Crippen molar-refractivity contribution in [3.8, 4) is 5.88 Å². The molecule has 31 heavy (non-hydrogen) atoms. The van der Waals surface area contributed by atoms with Crippen molar-refractivity contribution < 1.29 is 27.5 Å². The lowest BCUT2D eigenvalue weighted by Crippen LogP contribution is -2.33. The van der Waals surface area contributed by atoms with E-state index in [0.29, 0.717) is 39.3 Å². The second-order valence-electron chi connectivity index (χ2n) is 8.61. The van der Waals surface area contributed by atoms with Gasteiger partial charge in [0, 0.05) is 12.6 Å². The normalized spacial score (nSPS) is 16.5. The van der Waals surface area contributed by atoms with Gasteiger partial charge in [-0.2, -0.15) is 5.10 Å². The van der Waals surface area contributed by atoms with E-state index in [1.54, 1.807) is 33.9 Å². The zero-order chi connectivity index (χ0) is 23.3. The van der Waals surface area contributed by atoms with Crippen LogP contribution in [0.4, 0.5) is 0 Å². The molecule has 0 saturated heterocycles. The van der Waals surface area contributed by atoms with Crippen molar-refractivity contribution in [2.24, 2.45) is 7.05 Å². The summed E-state index contributed by atoms with van der Waals surface area (Å²) in [4.78, 5) is 25.5. The maximum absolute atomic E-state index is 13.6. The highest BCUT2D eigenvalue weighted by molar-refractivity contribution is 7.91. The number of rotatable bonds is 5. The molecule has 0 radical (unpaired) electrons. The Kier molecular flexibility index (Phi) is 5.77. The van der Waals surface area contributed by atoms with Crippen molar-refractivity contribution in [3.63, 3.8) is 0 Å². The molecule has 2 heterocycles. The van der Waals surface area contributed by atoms with E-state index < -0.39 is 15.8 Å². The number of carbonyl (C=O) groups is 2. The first-order valence-electron chi connectivity index (χ1n) is 9.97. The van der Waals surface area contributed by atoms with Gasteiger partial charge in [-0.15, -0.1) is 0 Å². The average Bonchev–Trinajstić information content (AvgIpc) is 2.97. The fraction of sp³-hybridized carbons (Fsp3) is 0.500. The smallest absolute Gasteiger partial charge is 0.343 e. The quantitative estimate of drug-likeness (QED) is 0.511. The molecule has 0 aliphatic carbocycles. The van der Waals surface area contributed by atoms with Crippen molar-refractivity contribution >= 4 is 21.6 Å². The number of hydrogen-bond donors (Lipinski definition) is 0. The summed E-state index contributed by atoms with van der Waals surface area (Å²) in [7, 11) is -0.537. The minimum atomic E-state index is -3.41. The van der Waals surface area contributed by atoms with Gasteiger partial charge in [-0.05, 0) is 55.4 Å². The van der Waals surface area contributed by atoms with Crippen LogP contribution in [0.3, 0.4) is 0 Å². The lowest BCUT2D eigenvalue weighted by molar-refractivity contribution is -0.143. The zero-order valence-corrected chi connectivity index (χ0v) is 19.8. The summed E-state index contributed by atoms with van der Waals surface area (Å²) in [5, 5.41) is 4.28. The summed E-state index contributed by atoms with van der Waals surface area (Å²) in [6, 6.07) is 1.63. The lowest BCUT2D eigenvalue weighted by Gasteiger charge is -2.35. The molecule has 1 aromatic heterocycles. The summed E-state index contributed by atoms with van der Waals surface area (Å²) in [5.74, 6) is -0.652. The van der Waals surface area contributed by atoms with Crippen LogP contribution in [0.2, 0.25) is 0 Å². The fourth-order valence-electron chi connectivity index (χ4n) is 4.35. The third kappa shape index (κ3) is 3.86. The maximum Gasteiger partial charge on any atom is 0.343 e. The number of ether oxygens (including phenoxy) is 2. The highest BCUT2D eigenvalue weighted by Crippen LogP contribution is 2.43. The van der Waals surface area contributed by atoms with Crippen LogP contribution in [-0.2, 0) is 31.8 Å². The highest BCUT2D eigenvalue weighted by Gasteiger charge is 2.39. The number of fused-ring (bicyclic) bond motifs is 1. The summed E-state index contributed by atoms with van der Waals surface area (Å²) in [6.07, 6.45) is 0.486. The van der Waals surface area contributed by atoms with E-state index in [0.717, 1.165) is 0 Å². The molecule has 0 spiro atoms. The Morgan fingerprint density at radius 2 is 1.87 bits per heavy atom. The van der Waals surface area contributed by atoms with E-state index in [4.69, 9.17) is 4.74 Å². The van der Waals surface area contributed by atoms with Crippen LogP contribution in [0.25, 0.3) is 0 Å². The first kappa shape index (κ1) is 23.0. The van der Waals surface area contributed by atoms with E-state index in [9.17, 15) is 18.0 Å². The molecule has 2 aromatic rings. The van der Waals surface area contributed by atoms with E-state index in [1.165, 1.54) is 11.8 Å². The van der Waals surface area contributed by atoms with Crippen LogP contribution in [-0.4, -0.2) is 49.4 Å². The molecule has 0 unspecified atom stereocenters. The van der Waals surface area contributed by atoms with Gasteiger partial charge in [0.15, 0.2) is 16.4 Å². The summed E-state index contributed by atoms with van der Waals surface area (Å²) in [6.45, 7) is 8.84. The number of ketones is 1. The minimum Gasteiger partial charge on any atom is -0.466 e. The van der Waals surface area contributed by atoms with Crippen molar-refractivity contribution in [2.45, 2.75) is 51.3 Å². The van der Waals surface area contributed by atoms with E-state index in [-0.39, 0.29) is 35.0 Å². The van der Waals surface area contributed by atoms with Gasteiger partial charge < -0.3 is 9.47 Å². The molecule has 8 nitrogen and oxygen atoms in total. The van der Waals surface area contributed by atoms with Crippen molar-refractivity contribution in [1.29, 1.82) is 0 Å². The van der Waals surface area contributed by atoms with Gasteiger partial charge in [-0.25, -0.2) is 17.9 Å². The number of hydrogen-bond acceptors (Lipinski definition) is 7. The Balaban J connectivity index is 2.19. The van der Waals surface area contributed by atoms with Crippen molar-refractivity contribution in [3.05, 3.63) is 39.6 Å². The largest absolute Gasteiger partial charge is 0.466 e. The lowest BCUT2D eigenvalue weighted by atomic mass is 9.76. The molecule has 3 rings (SSSR count). The van der Waals surface area contributed by atoms with Gasteiger partial charge in [0.1, 0.15) is 5.56 Å². The molecular weight excluding hydrogens is 420 g/mol. The summed E-state index contributed by atoms with van der Waals surface area (Å²) >= 11 is 0. The first-order valence-corrected chi connectivity index (χ1v) is 11.6. The van der Waals surface area contributed by atoms with E-state index in [1.807, 2.05) is 13.8 Å². The predicted molar refractivity (Wildman–Crippen MR) is 115 cm³/mol. The molecule has 0 atom stereocenters. The SMILES string of the molecule is COC(=O)COc1c(C(=O)c2cc(C)c3c(c2C)C(C)(C)CCS3(=O)=O)c(C)nn1C. The molecule has 1 aliphatic rings. The molecule has 0 saturated carbocycles. The van der Waals surface area contributed by atoms with Crippen LogP contribution in [0.15, 0.2) is 11.0 Å². The molecule has 0 fully saturated rings. The Hall–Kier alpha value is -2.68. The van der Waals surface area contributed by atoms with E-state index in [2.05, 4.69) is 9.84 Å². The van der Waals surface area contributed by atoms with E-state index >= 15 is 0 Å². The molecule has 0 amide bonds. The molecule has 0 N–H and O–H groups in total. The Morgan fingerprint density at radius 1 is 1.23 bits per heavy atom. The number of sulfone groups is 1. The summed E-state index contributed by atoms with van der Waals surface area (Å²) < 4.78 is 37.2. The topological polar surface area (TPSA) is 105 Å². The molecule has 1 aliphatic heterocycles. The number of aryl methyl sites for hydroxylation is 3. The second kappa shape index (κ2) is 7.78. The van der Waals surface area contributed by atoms with Gasteiger partial charge in [-0.1, -0.05) is 13.8 Å². The van der Waals surface area contributed by atoms with Gasteiger partial charge in [0.25, 0.3) is 0 Å². The van der Waals surface area contributed by atoms with Crippen LogP contribution >= 0.6 is 0 Å². The second-order valence-corrected chi connectivity index (χ2v) is 10.7. The van der Waals surface area contributed by atoms with Crippen LogP contribution in [0, 0.1) is 20.8 Å². The standard InChI is InChI=1S/C22H28N2O6S/c1-12-10-15(13(2)18-20(12)31(27,28)9-8-22(18,4)5)19(26)17-14(3)23-24(6)21(17)30-11-16(25)29-7/h10H,8-9,11H2,1-7H3. The molecular formula is C22H28N2O6S. The predicted octanol–water partition coefficient (Wildman–Crippen LogP) is 2.58. The third-order valence-electron chi connectivity index (χ3n) is 5.90. The zero-order valence-electron chi connectivity index (χ0n) is 19.0. The van der Waals surface area contributed by atoms with Crippen molar-refractivity contribution in [2.75, 3.05) is 19.5 Å². The minimum absolute atomic E-state index is 0.0911. The molecule has 0 bridgehead atoms. The van der Waals surface area contributed by atoms with Crippen molar-refractivity contribution in [1.82, 2.24) is 9.78 Å². The van der Waals surface area contributed by atoms with Crippen LogP contribution in [0.5, 0.6) is 5.88 Å². The van der Waals surface area contributed by atoms with Gasteiger partial charge in [-0.3, -0.25) is 4.79 Å². The van der Waals surface area contributed by atoms with Crippen LogP contribution < -0.4 is 4.74 Å². The Labute approximate surface area is 182 Å². The number of methoxy groups -OCH3 is 1. The summed E-state index contributed by atoms with van der Waals surface area (Å²) in [5.41, 5.74) is 2.59. The average molecular weight is 449 g/mol. The number of benzene rings is 1.